The Morgan fingerprint density at radius 3 is 2.41 bits per heavy atom. The third-order valence-corrected chi connectivity index (χ3v) is 6.47. The van der Waals surface area contributed by atoms with E-state index in [0.717, 1.165) is 9.87 Å². The zero-order chi connectivity index (χ0) is 23.7. The van der Waals surface area contributed by atoms with E-state index in [0.29, 0.717) is 0 Å². The highest BCUT2D eigenvalue weighted by atomic mass is 32.2. The van der Waals surface area contributed by atoms with Gasteiger partial charge in [-0.1, -0.05) is 30.3 Å². The molecule has 0 aliphatic rings. The van der Waals surface area contributed by atoms with Gasteiger partial charge in [-0.3, -0.25) is 4.79 Å². The Bertz CT molecular complexity index is 1100. The van der Waals surface area contributed by atoms with Crippen LogP contribution in [0.5, 0.6) is 5.75 Å². The second-order valence-corrected chi connectivity index (χ2v) is 8.93. The molecule has 32 heavy (non-hydrogen) atoms. The molecule has 2 rings (SSSR count). The standard InChI is InChI=1S/C22H25N3O6S/c1-24(13-7-12-23)21(26)16-31-22(27)18-10-11-19(30-3)20(14-18)32(28,29)25(2)15-17-8-5-4-6-9-17/h4-6,8-11,14H,7,13,15-16H2,1-3H3. The summed E-state index contributed by atoms with van der Waals surface area (Å²) in [7, 11) is 0.264. The van der Waals surface area contributed by atoms with Gasteiger partial charge < -0.3 is 14.4 Å². The van der Waals surface area contributed by atoms with Gasteiger partial charge in [0.15, 0.2) is 6.61 Å². The number of carbonyl (C=O) groups excluding carboxylic acids is 2. The fourth-order valence-electron chi connectivity index (χ4n) is 2.76. The molecule has 170 valence electrons. The van der Waals surface area contributed by atoms with Crippen molar-refractivity contribution in [2.24, 2.45) is 0 Å². The number of rotatable bonds is 10. The molecule has 0 fully saturated rings. The molecule has 0 heterocycles. The monoisotopic (exact) mass is 459 g/mol. The summed E-state index contributed by atoms with van der Waals surface area (Å²) >= 11 is 0. The molecule has 0 radical (unpaired) electrons. The lowest BCUT2D eigenvalue weighted by molar-refractivity contribution is -0.133. The summed E-state index contributed by atoms with van der Waals surface area (Å²) in [6, 6.07) is 14.9. The van der Waals surface area contributed by atoms with Gasteiger partial charge in [0.1, 0.15) is 10.6 Å². The quantitative estimate of drug-likeness (QED) is 0.499. The molecule has 0 N–H and O–H groups in total. The van der Waals surface area contributed by atoms with Crippen molar-refractivity contribution in [3.8, 4) is 11.8 Å². The van der Waals surface area contributed by atoms with Crippen LogP contribution in [-0.2, 0) is 26.1 Å². The first-order valence-electron chi connectivity index (χ1n) is 9.67. The van der Waals surface area contributed by atoms with Crippen LogP contribution in [0, 0.1) is 11.3 Å². The van der Waals surface area contributed by atoms with Gasteiger partial charge in [0.2, 0.25) is 10.0 Å². The van der Waals surface area contributed by atoms with E-state index in [2.05, 4.69) is 0 Å². The van der Waals surface area contributed by atoms with Gasteiger partial charge in [-0.25, -0.2) is 13.2 Å². The number of benzene rings is 2. The Labute approximate surface area is 187 Å². The van der Waals surface area contributed by atoms with Crippen LogP contribution < -0.4 is 4.74 Å². The fraction of sp³-hybridized carbons (Fsp3) is 0.318. The second kappa shape index (κ2) is 11.3. The molecule has 0 atom stereocenters. The maximum absolute atomic E-state index is 13.2. The molecule has 9 nitrogen and oxygen atoms in total. The first-order chi connectivity index (χ1) is 15.2. The van der Waals surface area contributed by atoms with Crippen LogP contribution in [0.25, 0.3) is 0 Å². The summed E-state index contributed by atoms with van der Waals surface area (Å²) in [6.07, 6.45) is 0.159. The third-order valence-electron chi connectivity index (χ3n) is 4.65. The van der Waals surface area contributed by atoms with Crippen molar-refractivity contribution in [3.63, 3.8) is 0 Å². The van der Waals surface area contributed by atoms with Crippen LogP contribution in [0.2, 0.25) is 0 Å². The maximum Gasteiger partial charge on any atom is 0.338 e. The normalized spacial score (nSPS) is 11.0. The molecular weight excluding hydrogens is 434 g/mol. The van der Waals surface area contributed by atoms with E-state index in [9.17, 15) is 18.0 Å². The van der Waals surface area contributed by atoms with E-state index < -0.39 is 28.5 Å². The number of hydrogen-bond acceptors (Lipinski definition) is 7. The minimum atomic E-state index is -4.00. The summed E-state index contributed by atoms with van der Waals surface area (Å²) in [5, 5.41) is 8.58. The third kappa shape index (κ3) is 6.29. The molecule has 0 spiro atoms. The van der Waals surface area contributed by atoms with Crippen molar-refractivity contribution >= 4 is 21.9 Å². The van der Waals surface area contributed by atoms with Gasteiger partial charge in [0, 0.05) is 27.2 Å². The fourth-order valence-corrected chi connectivity index (χ4v) is 4.10. The van der Waals surface area contributed by atoms with Gasteiger partial charge in [-0.05, 0) is 23.8 Å². The molecule has 0 unspecified atom stereocenters. The van der Waals surface area contributed by atoms with E-state index in [1.54, 1.807) is 0 Å². The molecule has 0 saturated carbocycles. The molecule has 0 aliphatic heterocycles. The van der Waals surface area contributed by atoms with Gasteiger partial charge >= 0.3 is 5.97 Å². The number of methoxy groups -OCH3 is 1. The molecule has 0 saturated heterocycles. The van der Waals surface area contributed by atoms with Crippen molar-refractivity contribution < 1.29 is 27.5 Å². The highest BCUT2D eigenvalue weighted by molar-refractivity contribution is 7.89. The lowest BCUT2D eigenvalue weighted by Gasteiger charge is -2.19. The highest BCUT2D eigenvalue weighted by Gasteiger charge is 2.27. The number of sulfonamides is 1. The van der Waals surface area contributed by atoms with Crippen molar-refractivity contribution in [3.05, 3.63) is 59.7 Å². The Kier molecular flexibility index (Phi) is 8.75. The van der Waals surface area contributed by atoms with E-state index in [1.807, 2.05) is 36.4 Å². The summed E-state index contributed by atoms with van der Waals surface area (Å²) in [4.78, 5) is 25.5. The van der Waals surface area contributed by atoms with Crippen molar-refractivity contribution in [1.29, 1.82) is 5.26 Å². The first kappa shape index (κ1) is 24.8. The molecule has 10 heteroatoms. The maximum atomic E-state index is 13.2. The number of hydrogen-bond donors (Lipinski definition) is 0. The Morgan fingerprint density at radius 2 is 1.78 bits per heavy atom. The Hall–Kier alpha value is -3.42. The molecule has 0 aromatic heterocycles. The van der Waals surface area contributed by atoms with E-state index in [-0.39, 0.29) is 35.7 Å². The summed E-state index contributed by atoms with van der Waals surface area (Å²) in [6.45, 7) is -0.182. The van der Waals surface area contributed by atoms with E-state index >= 15 is 0 Å². The number of esters is 1. The van der Waals surface area contributed by atoms with Crippen molar-refractivity contribution in [1.82, 2.24) is 9.21 Å². The number of carbonyl (C=O) groups is 2. The van der Waals surface area contributed by atoms with Crippen LogP contribution in [-0.4, -0.2) is 63.9 Å². The van der Waals surface area contributed by atoms with Crippen molar-refractivity contribution in [2.45, 2.75) is 17.9 Å². The van der Waals surface area contributed by atoms with Crippen LogP contribution in [0.15, 0.2) is 53.4 Å². The van der Waals surface area contributed by atoms with Crippen LogP contribution >= 0.6 is 0 Å². The molecule has 1 amide bonds. The predicted octanol–water partition coefficient (Wildman–Crippen LogP) is 2.04. The zero-order valence-electron chi connectivity index (χ0n) is 18.1. The Morgan fingerprint density at radius 1 is 1.09 bits per heavy atom. The molecule has 2 aromatic carbocycles. The number of nitriles is 1. The molecule has 2 aromatic rings. The van der Waals surface area contributed by atoms with Gasteiger partial charge in [0.25, 0.3) is 5.91 Å². The summed E-state index contributed by atoms with van der Waals surface area (Å²) in [5.74, 6) is -1.25. The number of likely N-dealkylation sites (N-methyl/N-ethyl adjacent to an activating group) is 1. The van der Waals surface area contributed by atoms with Gasteiger partial charge in [0.05, 0.1) is 25.2 Å². The van der Waals surface area contributed by atoms with Gasteiger partial charge in [-0.2, -0.15) is 9.57 Å². The van der Waals surface area contributed by atoms with E-state index in [4.69, 9.17) is 14.7 Å². The summed E-state index contributed by atoms with van der Waals surface area (Å²) < 4.78 is 37.7. The van der Waals surface area contributed by atoms with Crippen LogP contribution in [0.4, 0.5) is 0 Å². The van der Waals surface area contributed by atoms with E-state index in [1.165, 1.54) is 44.3 Å². The first-order valence-corrected chi connectivity index (χ1v) is 11.1. The summed E-state index contributed by atoms with van der Waals surface area (Å²) in [5.41, 5.74) is 0.761. The average molecular weight is 460 g/mol. The van der Waals surface area contributed by atoms with Crippen molar-refractivity contribution in [2.75, 3.05) is 34.4 Å². The van der Waals surface area contributed by atoms with Gasteiger partial charge in [-0.15, -0.1) is 0 Å². The largest absolute Gasteiger partial charge is 0.495 e. The highest BCUT2D eigenvalue weighted by Crippen LogP contribution is 2.28. The topological polar surface area (TPSA) is 117 Å². The average Bonchev–Trinajstić information content (AvgIpc) is 2.80. The Balaban J connectivity index is 2.19. The lowest BCUT2D eigenvalue weighted by atomic mass is 10.2. The number of amides is 1. The predicted molar refractivity (Wildman–Crippen MR) is 116 cm³/mol. The van der Waals surface area contributed by atoms with Crippen LogP contribution in [0.1, 0.15) is 22.3 Å². The lowest BCUT2D eigenvalue weighted by Crippen LogP contribution is -2.32. The minimum absolute atomic E-state index is 0.0371. The van der Waals surface area contributed by atoms with Crippen LogP contribution in [0.3, 0.4) is 0 Å². The minimum Gasteiger partial charge on any atom is -0.495 e. The molecular formula is C22H25N3O6S. The number of ether oxygens (including phenoxy) is 2. The molecule has 0 aliphatic carbocycles. The zero-order valence-corrected chi connectivity index (χ0v) is 19.0. The smallest absolute Gasteiger partial charge is 0.338 e. The SMILES string of the molecule is COc1ccc(C(=O)OCC(=O)N(C)CCC#N)cc1S(=O)(=O)N(C)Cc1ccccc1. The second-order valence-electron chi connectivity index (χ2n) is 6.91. The molecule has 0 bridgehead atoms. The number of nitrogens with zero attached hydrogens (tertiary/aromatic N) is 3.